The van der Waals surface area contributed by atoms with Crippen LogP contribution in [0.4, 0.5) is 5.69 Å². The highest BCUT2D eigenvalue weighted by Gasteiger charge is 2.09. The molecule has 0 unspecified atom stereocenters. The molecule has 0 aliphatic carbocycles. The molecule has 0 aliphatic rings. The van der Waals surface area contributed by atoms with E-state index in [0.29, 0.717) is 5.69 Å². The Morgan fingerprint density at radius 1 is 1.26 bits per heavy atom. The Labute approximate surface area is 108 Å². The van der Waals surface area contributed by atoms with Crippen molar-refractivity contribution < 1.29 is 14.3 Å². The van der Waals surface area contributed by atoms with Crippen LogP contribution >= 0.6 is 0 Å². The monoisotopic (exact) mass is 261 g/mol. The minimum Gasteiger partial charge on any atom is -0.454 e. The van der Waals surface area contributed by atoms with E-state index in [1.54, 1.807) is 24.3 Å². The lowest BCUT2D eigenvalue weighted by molar-refractivity contribution is -0.148. The van der Waals surface area contributed by atoms with Crippen LogP contribution in [0.25, 0.3) is 0 Å². The van der Waals surface area contributed by atoms with E-state index in [1.807, 2.05) is 6.07 Å². The maximum absolute atomic E-state index is 11.5. The fraction of sp³-hybridized carbons (Fsp3) is 0.182. The van der Waals surface area contributed by atoms with Gasteiger partial charge in [0.25, 0.3) is 5.91 Å². The highest BCUT2D eigenvalue weighted by Crippen LogP contribution is 2.04. The summed E-state index contributed by atoms with van der Waals surface area (Å²) >= 11 is 0. The van der Waals surface area contributed by atoms with Crippen LogP contribution in [-0.2, 0) is 20.9 Å². The Morgan fingerprint density at radius 3 is 2.74 bits per heavy atom. The van der Waals surface area contributed by atoms with Gasteiger partial charge in [0.05, 0.1) is 0 Å². The number of para-hydroxylation sites is 1. The summed E-state index contributed by atoms with van der Waals surface area (Å²) in [6.07, 6.45) is 1.28. The summed E-state index contributed by atoms with van der Waals surface area (Å²) in [5.41, 5.74) is 0.643. The fourth-order valence-electron chi connectivity index (χ4n) is 1.30. The van der Waals surface area contributed by atoms with E-state index in [0.717, 1.165) is 0 Å². The number of ether oxygens (including phenoxy) is 1. The second kappa shape index (κ2) is 6.24. The summed E-state index contributed by atoms with van der Waals surface area (Å²) in [6.45, 7) is -0.485. The molecule has 1 aromatic carbocycles. The van der Waals surface area contributed by atoms with Crippen LogP contribution in [0.15, 0.2) is 36.7 Å². The third-order valence-corrected chi connectivity index (χ3v) is 2.10. The van der Waals surface area contributed by atoms with Crippen molar-refractivity contribution in [2.45, 2.75) is 6.54 Å². The number of esters is 1. The van der Waals surface area contributed by atoms with Crippen LogP contribution in [-0.4, -0.2) is 38.7 Å². The largest absolute Gasteiger partial charge is 0.454 e. The smallest absolute Gasteiger partial charge is 0.328 e. The van der Waals surface area contributed by atoms with Gasteiger partial charge in [0.1, 0.15) is 12.9 Å². The van der Waals surface area contributed by atoms with Gasteiger partial charge in [0.15, 0.2) is 6.61 Å². The Kier molecular flexibility index (Phi) is 4.17. The zero-order valence-corrected chi connectivity index (χ0v) is 9.89. The van der Waals surface area contributed by atoms with Gasteiger partial charge in [-0.05, 0) is 22.6 Å². The maximum Gasteiger partial charge on any atom is 0.328 e. The van der Waals surface area contributed by atoms with E-state index in [4.69, 9.17) is 4.74 Å². The number of rotatable bonds is 5. The van der Waals surface area contributed by atoms with E-state index in [1.165, 1.54) is 11.0 Å². The Balaban J connectivity index is 1.73. The molecule has 2 rings (SSSR count). The first kappa shape index (κ1) is 12.7. The first-order valence-corrected chi connectivity index (χ1v) is 5.45. The summed E-state index contributed by atoms with van der Waals surface area (Å²) in [5.74, 6) is -0.994. The first-order chi connectivity index (χ1) is 9.24. The van der Waals surface area contributed by atoms with Crippen molar-refractivity contribution in [1.82, 2.24) is 20.2 Å². The van der Waals surface area contributed by atoms with Crippen LogP contribution in [0.3, 0.4) is 0 Å². The summed E-state index contributed by atoms with van der Waals surface area (Å²) in [7, 11) is 0. The second-order valence-electron chi connectivity index (χ2n) is 3.58. The van der Waals surface area contributed by atoms with Crippen LogP contribution in [0.1, 0.15) is 0 Å². The average Bonchev–Trinajstić information content (AvgIpc) is 2.90. The van der Waals surface area contributed by atoms with Crippen molar-refractivity contribution in [2.75, 3.05) is 11.9 Å². The van der Waals surface area contributed by atoms with Gasteiger partial charge >= 0.3 is 5.97 Å². The Bertz CT molecular complexity index is 541. The number of benzene rings is 1. The molecule has 1 aromatic heterocycles. The molecule has 1 heterocycles. The van der Waals surface area contributed by atoms with Crippen LogP contribution in [0.5, 0.6) is 0 Å². The first-order valence-electron chi connectivity index (χ1n) is 5.45. The molecule has 0 fully saturated rings. The molecule has 0 spiro atoms. The third kappa shape index (κ3) is 4.19. The molecule has 0 bridgehead atoms. The highest BCUT2D eigenvalue weighted by atomic mass is 16.5. The fourth-order valence-corrected chi connectivity index (χ4v) is 1.30. The number of nitrogens with one attached hydrogen (secondary N) is 1. The molecule has 8 heteroatoms. The van der Waals surface area contributed by atoms with E-state index in [9.17, 15) is 9.59 Å². The number of tetrazole rings is 1. The van der Waals surface area contributed by atoms with E-state index < -0.39 is 11.9 Å². The normalized spacial score (nSPS) is 9.89. The maximum atomic E-state index is 11.5. The zero-order chi connectivity index (χ0) is 13.5. The molecule has 19 heavy (non-hydrogen) atoms. The average molecular weight is 261 g/mol. The number of anilines is 1. The van der Waals surface area contributed by atoms with E-state index in [-0.39, 0.29) is 13.2 Å². The molecular weight excluding hydrogens is 250 g/mol. The molecule has 1 N–H and O–H groups in total. The molecule has 2 aromatic rings. The van der Waals surface area contributed by atoms with Crippen molar-refractivity contribution in [3.8, 4) is 0 Å². The molecular formula is C11H11N5O3. The summed E-state index contributed by atoms with van der Waals surface area (Å²) in [4.78, 5) is 22.8. The van der Waals surface area contributed by atoms with Crippen molar-refractivity contribution in [2.24, 2.45) is 0 Å². The lowest BCUT2D eigenvalue weighted by Gasteiger charge is -2.06. The minimum absolute atomic E-state index is 0.133. The van der Waals surface area contributed by atoms with Crippen molar-refractivity contribution >= 4 is 17.6 Å². The van der Waals surface area contributed by atoms with Gasteiger partial charge in [-0.3, -0.25) is 9.59 Å². The third-order valence-electron chi connectivity index (χ3n) is 2.10. The SMILES string of the molecule is O=C(COC(=O)Cn1cnnn1)Nc1ccccc1. The van der Waals surface area contributed by atoms with Crippen molar-refractivity contribution in [3.05, 3.63) is 36.7 Å². The topological polar surface area (TPSA) is 99.0 Å². The number of carbonyl (C=O) groups excluding carboxylic acids is 2. The quantitative estimate of drug-likeness (QED) is 0.752. The molecule has 0 atom stereocenters. The zero-order valence-electron chi connectivity index (χ0n) is 9.89. The van der Waals surface area contributed by atoms with Crippen molar-refractivity contribution in [3.63, 3.8) is 0 Å². The summed E-state index contributed by atoms with van der Waals surface area (Å²) in [5, 5.41) is 12.8. The molecule has 0 saturated carbocycles. The van der Waals surface area contributed by atoms with Gasteiger partial charge in [0.2, 0.25) is 0 Å². The lowest BCUT2D eigenvalue weighted by atomic mass is 10.3. The molecule has 0 aliphatic heterocycles. The molecule has 8 nitrogen and oxygen atoms in total. The van der Waals surface area contributed by atoms with Gasteiger partial charge in [0, 0.05) is 5.69 Å². The van der Waals surface area contributed by atoms with Crippen LogP contribution < -0.4 is 5.32 Å². The Morgan fingerprint density at radius 2 is 2.05 bits per heavy atom. The standard InChI is InChI=1S/C11H11N5O3/c17-10(13-9-4-2-1-3-5-9)7-19-11(18)6-16-8-12-14-15-16/h1-5,8H,6-7H2,(H,13,17). The molecule has 98 valence electrons. The van der Waals surface area contributed by atoms with Crippen molar-refractivity contribution in [1.29, 1.82) is 0 Å². The van der Waals surface area contributed by atoms with Gasteiger partial charge < -0.3 is 10.1 Å². The summed E-state index contributed by atoms with van der Waals surface area (Å²) in [6, 6.07) is 8.89. The number of nitrogens with zero attached hydrogens (tertiary/aromatic N) is 4. The second-order valence-corrected chi connectivity index (χ2v) is 3.58. The lowest BCUT2D eigenvalue weighted by Crippen LogP contribution is -2.23. The number of amides is 1. The predicted molar refractivity (Wildman–Crippen MR) is 63.8 cm³/mol. The van der Waals surface area contributed by atoms with Crippen LogP contribution in [0.2, 0.25) is 0 Å². The van der Waals surface area contributed by atoms with Gasteiger partial charge in [-0.1, -0.05) is 18.2 Å². The van der Waals surface area contributed by atoms with Crippen LogP contribution in [0, 0.1) is 0 Å². The number of aromatic nitrogens is 4. The van der Waals surface area contributed by atoms with E-state index >= 15 is 0 Å². The predicted octanol–water partition coefficient (Wildman–Crippen LogP) is -0.145. The highest BCUT2D eigenvalue weighted by molar-refractivity contribution is 5.92. The Hall–Kier alpha value is -2.77. The molecule has 0 saturated heterocycles. The number of carbonyl (C=O) groups is 2. The van der Waals surface area contributed by atoms with E-state index in [2.05, 4.69) is 20.8 Å². The van der Waals surface area contributed by atoms with Gasteiger partial charge in [-0.25, -0.2) is 4.68 Å². The van der Waals surface area contributed by atoms with Gasteiger partial charge in [-0.2, -0.15) is 0 Å². The number of hydrogen-bond donors (Lipinski definition) is 1. The number of hydrogen-bond acceptors (Lipinski definition) is 6. The molecule has 0 radical (unpaired) electrons. The summed E-state index contributed by atoms with van der Waals surface area (Å²) < 4.78 is 5.99. The minimum atomic E-state index is -0.587. The van der Waals surface area contributed by atoms with Gasteiger partial charge in [-0.15, -0.1) is 5.10 Å². The molecule has 1 amide bonds.